The van der Waals surface area contributed by atoms with Gasteiger partial charge in [0.05, 0.1) is 4.90 Å². The summed E-state index contributed by atoms with van der Waals surface area (Å²) in [4.78, 5) is 15.0. The topological polar surface area (TPSA) is 57.7 Å². The summed E-state index contributed by atoms with van der Waals surface area (Å²) in [6.45, 7) is 5.37. The molecule has 1 unspecified atom stereocenters. The second-order valence-electron chi connectivity index (χ2n) is 6.76. The summed E-state index contributed by atoms with van der Waals surface area (Å²) in [6.07, 6.45) is 5.88. The van der Waals surface area contributed by atoms with Crippen LogP contribution in [0, 0.1) is 0 Å². The van der Waals surface area contributed by atoms with Crippen LogP contribution in [0.25, 0.3) is 0 Å². The van der Waals surface area contributed by atoms with Crippen molar-refractivity contribution in [3.05, 3.63) is 29.8 Å². The second-order valence-corrected chi connectivity index (χ2v) is 8.81. The van der Waals surface area contributed by atoms with Crippen molar-refractivity contribution in [2.45, 2.75) is 63.3 Å². The first kappa shape index (κ1) is 19.9. The van der Waals surface area contributed by atoms with Gasteiger partial charge >= 0.3 is 0 Å². The van der Waals surface area contributed by atoms with Gasteiger partial charge in [-0.05, 0) is 50.3 Å². The Balaban J connectivity index is 2.24. The maximum atomic E-state index is 12.9. The SMILES string of the molecule is CCCCN(C)S(=O)(=O)c1cccc(C(=O)N2CCCCC2CC)c1. The van der Waals surface area contributed by atoms with Crippen LogP contribution < -0.4 is 0 Å². The molecular formula is C19H30N2O3S. The van der Waals surface area contributed by atoms with Crippen LogP contribution in [-0.2, 0) is 10.0 Å². The van der Waals surface area contributed by atoms with Gasteiger partial charge in [0.1, 0.15) is 0 Å². The molecule has 1 fully saturated rings. The zero-order chi connectivity index (χ0) is 18.4. The van der Waals surface area contributed by atoms with E-state index in [0.717, 1.165) is 45.1 Å². The van der Waals surface area contributed by atoms with Gasteiger partial charge in [0.25, 0.3) is 5.91 Å². The predicted molar refractivity (Wildman–Crippen MR) is 100 cm³/mol. The molecule has 1 atom stereocenters. The fourth-order valence-corrected chi connectivity index (χ4v) is 4.58. The Labute approximate surface area is 152 Å². The minimum absolute atomic E-state index is 0.0557. The molecule has 2 rings (SSSR count). The molecule has 1 amide bonds. The number of likely N-dealkylation sites (tertiary alicyclic amines) is 1. The van der Waals surface area contributed by atoms with Crippen molar-refractivity contribution in [2.24, 2.45) is 0 Å². The molecule has 0 bridgehead atoms. The Kier molecular flexibility index (Phi) is 7.02. The molecule has 0 saturated carbocycles. The molecule has 1 heterocycles. The van der Waals surface area contributed by atoms with Crippen LogP contribution in [0.2, 0.25) is 0 Å². The summed E-state index contributed by atoms with van der Waals surface area (Å²) >= 11 is 0. The Hall–Kier alpha value is -1.40. The number of unbranched alkanes of at least 4 members (excludes halogenated alkanes) is 1. The van der Waals surface area contributed by atoms with Gasteiger partial charge in [0.15, 0.2) is 0 Å². The molecular weight excluding hydrogens is 336 g/mol. The van der Waals surface area contributed by atoms with Gasteiger partial charge in [-0.15, -0.1) is 0 Å². The van der Waals surface area contributed by atoms with Crippen molar-refractivity contribution in [3.63, 3.8) is 0 Å². The molecule has 1 aromatic carbocycles. The van der Waals surface area contributed by atoms with Crippen molar-refractivity contribution >= 4 is 15.9 Å². The van der Waals surface area contributed by atoms with Crippen molar-refractivity contribution in [1.29, 1.82) is 0 Å². The minimum Gasteiger partial charge on any atom is -0.336 e. The monoisotopic (exact) mass is 366 g/mol. The molecule has 1 aromatic rings. The minimum atomic E-state index is -3.55. The zero-order valence-electron chi connectivity index (χ0n) is 15.6. The smallest absolute Gasteiger partial charge is 0.254 e. The van der Waals surface area contributed by atoms with E-state index in [9.17, 15) is 13.2 Å². The number of amides is 1. The predicted octanol–water partition coefficient (Wildman–Crippen LogP) is 3.51. The highest BCUT2D eigenvalue weighted by Crippen LogP contribution is 2.23. The lowest BCUT2D eigenvalue weighted by atomic mass is 9.99. The molecule has 0 N–H and O–H groups in total. The third-order valence-electron chi connectivity index (χ3n) is 4.97. The van der Waals surface area contributed by atoms with Crippen molar-refractivity contribution < 1.29 is 13.2 Å². The van der Waals surface area contributed by atoms with Gasteiger partial charge in [0, 0.05) is 31.7 Å². The maximum Gasteiger partial charge on any atom is 0.254 e. The first-order chi connectivity index (χ1) is 11.9. The number of hydrogen-bond acceptors (Lipinski definition) is 3. The highest BCUT2D eigenvalue weighted by atomic mass is 32.2. The highest BCUT2D eigenvalue weighted by molar-refractivity contribution is 7.89. The van der Waals surface area contributed by atoms with Crippen LogP contribution in [0.15, 0.2) is 29.2 Å². The molecule has 1 saturated heterocycles. The fourth-order valence-electron chi connectivity index (χ4n) is 3.33. The number of hydrogen-bond donors (Lipinski definition) is 0. The van der Waals surface area contributed by atoms with Crippen LogP contribution in [0.4, 0.5) is 0 Å². The van der Waals surface area contributed by atoms with Crippen molar-refractivity contribution in [3.8, 4) is 0 Å². The molecule has 0 spiro atoms. The van der Waals surface area contributed by atoms with E-state index in [-0.39, 0.29) is 16.8 Å². The maximum absolute atomic E-state index is 12.9. The third-order valence-corrected chi connectivity index (χ3v) is 6.83. The average Bonchev–Trinajstić information content (AvgIpc) is 2.65. The molecule has 0 aliphatic carbocycles. The van der Waals surface area contributed by atoms with Crippen LogP contribution in [0.5, 0.6) is 0 Å². The second kappa shape index (κ2) is 8.81. The van der Waals surface area contributed by atoms with Crippen LogP contribution in [0.1, 0.15) is 62.7 Å². The van der Waals surface area contributed by atoms with E-state index in [2.05, 4.69) is 6.92 Å². The first-order valence-corrected chi connectivity index (χ1v) is 10.7. The lowest BCUT2D eigenvalue weighted by Gasteiger charge is -2.35. The normalized spacial score (nSPS) is 18.6. The average molecular weight is 367 g/mol. The van der Waals surface area contributed by atoms with E-state index in [0.29, 0.717) is 12.1 Å². The number of carbonyl (C=O) groups is 1. The Morgan fingerprint density at radius 3 is 2.72 bits per heavy atom. The molecule has 6 heteroatoms. The molecule has 5 nitrogen and oxygen atoms in total. The molecule has 0 radical (unpaired) electrons. The number of benzene rings is 1. The van der Waals surface area contributed by atoms with Crippen molar-refractivity contribution in [2.75, 3.05) is 20.1 Å². The number of piperidine rings is 1. The van der Waals surface area contributed by atoms with E-state index in [1.54, 1.807) is 25.2 Å². The number of sulfonamides is 1. The van der Waals surface area contributed by atoms with Gasteiger partial charge in [-0.25, -0.2) is 12.7 Å². The molecule has 0 aromatic heterocycles. The van der Waals surface area contributed by atoms with Gasteiger partial charge in [-0.2, -0.15) is 0 Å². The lowest BCUT2D eigenvalue weighted by Crippen LogP contribution is -2.43. The summed E-state index contributed by atoms with van der Waals surface area (Å²) in [5, 5.41) is 0. The van der Waals surface area contributed by atoms with Crippen LogP contribution in [0.3, 0.4) is 0 Å². The first-order valence-electron chi connectivity index (χ1n) is 9.29. The molecule has 140 valence electrons. The number of rotatable bonds is 7. The fraction of sp³-hybridized carbons (Fsp3) is 0.632. The van der Waals surface area contributed by atoms with Gasteiger partial charge in [-0.3, -0.25) is 4.79 Å². The number of nitrogens with zero attached hydrogens (tertiary/aromatic N) is 2. The van der Waals surface area contributed by atoms with Gasteiger partial charge in [-0.1, -0.05) is 26.3 Å². The zero-order valence-corrected chi connectivity index (χ0v) is 16.4. The lowest BCUT2D eigenvalue weighted by molar-refractivity contribution is 0.0608. The van der Waals surface area contributed by atoms with E-state index in [1.807, 2.05) is 11.8 Å². The van der Waals surface area contributed by atoms with Gasteiger partial charge < -0.3 is 4.90 Å². The Morgan fingerprint density at radius 1 is 1.28 bits per heavy atom. The van der Waals surface area contributed by atoms with Crippen LogP contribution in [-0.4, -0.2) is 49.7 Å². The summed E-state index contributed by atoms with van der Waals surface area (Å²) in [7, 11) is -1.96. The quantitative estimate of drug-likeness (QED) is 0.742. The summed E-state index contributed by atoms with van der Waals surface area (Å²) < 4.78 is 26.8. The van der Waals surface area contributed by atoms with Crippen molar-refractivity contribution in [1.82, 2.24) is 9.21 Å². The van der Waals surface area contributed by atoms with Crippen LogP contribution >= 0.6 is 0 Å². The Bertz CT molecular complexity index is 688. The molecule has 1 aliphatic rings. The largest absolute Gasteiger partial charge is 0.336 e. The highest BCUT2D eigenvalue weighted by Gasteiger charge is 2.27. The molecule has 25 heavy (non-hydrogen) atoms. The van der Waals surface area contributed by atoms with E-state index >= 15 is 0 Å². The summed E-state index contributed by atoms with van der Waals surface area (Å²) in [6, 6.07) is 6.74. The van der Waals surface area contributed by atoms with E-state index in [1.165, 1.54) is 10.4 Å². The van der Waals surface area contributed by atoms with Gasteiger partial charge in [0.2, 0.25) is 10.0 Å². The standard InChI is InChI=1S/C19H30N2O3S/c1-4-6-13-20(3)25(23,24)18-12-9-10-16(15-18)19(22)21-14-8-7-11-17(21)5-2/h9-10,12,15,17H,4-8,11,13-14H2,1-3H3. The number of carbonyl (C=O) groups excluding carboxylic acids is 1. The van der Waals surface area contributed by atoms with E-state index < -0.39 is 10.0 Å². The summed E-state index contributed by atoms with van der Waals surface area (Å²) in [5.74, 6) is -0.0557. The summed E-state index contributed by atoms with van der Waals surface area (Å²) in [5.41, 5.74) is 0.463. The third kappa shape index (κ3) is 4.61. The van der Waals surface area contributed by atoms with E-state index in [4.69, 9.17) is 0 Å². The molecule has 1 aliphatic heterocycles. The Morgan fingerprint density at radius 2 is 2.04 bits per heavy atom.